The number of carbonyl (C=O) groups is 1. The summed E-state index contributed by atoms with van der Waals surface area (Å²) < 4.78 is 13.3. The van der Waals surface area contributed by atoms with Crippen LogP contribution in [0.5, 0.6) is 0 Å². The first kappa shape index (κ1) is 15.1. The largest absolute Gasteiger partial charge is 0.477 e. The topological polar surface area (TPSA) is 76.0 Å². The lowest BCUT2D eigenvalue weighted by atomic mass is 10.1. The van der Waals surface area contributed by atoms with E-state index in [4.69, 9.17) is 11.6 Å². The SMILES string of the molecule is O=C(O)c1cc(-c2ccc(Cl)cc2)nc(-c2ccnc(F)c2)n1. The lowest BCUT2D eigenvalue weighted by Crippen LogP contribution is -2.04. The molecule has 7 heteroatoms. The van der Waals surface area contributed by atoms with Crippen LogP contribution in [0.4, 0.5) is 4.39 Å². The Labute approximate surface area is 135 Å². The van der Waals surface area contributed by atoms with Crippen LogP contribution >= 0.6 is 11.6 Å². The van der Waals surface area contributed by atoms with E-state index in [-0.39, 0.29) is 11.5 Å². The molecule has 0 atom stereocenters. The van der Waals surface area contributed by atoms with E-state index in [0.717, 1.165) is 6.07 Å². The van der Waals surface area contributed by atoms with Gasteiger partial charge in [-0.05, 0) is 24.3 Å². The Bertz CT molecular complexity index is 885. The molecule has 0 saturated carbocycles. The Balaban J connectivity index is 2.17. The third kappa shape index (κ3) is 3.32. The van der Waals surface area contributed by atoms with Crippen molar-refractivity contribution >= 4 is 17.6 Å². The van der Waals surface area contributed by atoms with Gasteiger partial charge in [0.15, 0.2) is 11.5 Å². The van der Waals surface area contributed by atoms with Gasteiger partial charge in [0, 0.05) is 28.4 Å². The van der Waals surface area contributed by atoms with E-state index in [9.17, 15) is 14.3 Å². The van der Waals surface area contributed by atoms with Gasteiger partial charge in [-0.3, -0.25) is 0 Å². The summed E-state index contributed by atoms with van der Waals surface area (Å²) in [6.07, 6.45) is 1.27. The number of hydrogen-bond acceptors (Lipinski definition) is 4. The van der Waals surface area contributed by atoms with Crippen molar-refractivity contribution in [1.29, 1.82) is 0 Å². The summed E-state index contributed by atoms with van der Waals surface area (Å²) in [6.45, 7) is 0. The Morgan fingerprint density at radius 2 is 1.78 bits per heavy atom. The maximum Gasteiger partial charge on any atom is 0.354 e. The minimum absolute atomic E-state index is 0.108. The molecule has 0 unspecified atom stereocenters. The van der Waals surface area contributed by atoms with E-state index in [2.05, 4.69) is 15.0 Å². The maximum absolute atomic E-state index is 13.3. The molecule has 3 rings (SSSR count). The van der Waals surface area contributed by atoms with Crippen LogP contribution in [-0.4, -0.2) is 26.0 Å². The number of aromatic nitrogens is 3. The highest BCUT2D eigenvalue weighted by molar-refractivity contribution is 6.30. The first-order valence-electron chi connectivity index (χ1n) is 6.53. The van der Waals surface area contributed by atoms with Crippen molar-refractivity contribution in [2.24, 2.45) is 0 Å². The molecule has 114 valence electrons. The number of rotatable bonds is 3. The molecule has 1 N–H and O–H groups in total. The zero-order valence-electron chi connectivity index (χ0n) is 11.6. The molecule has 0 aliphatic heterocycles. The predicted molar refractivity (Wildman–Crippen MR) is 82.6 cm³/mol. The Morgan fingerprint density at radius 1 is 1.04 bits per heavy atom. The lowest BCUT2D eigenvalue weighted by Gasteiger charge is -2.07. The molecule has 0 saturated heterocycles. The minimum Gasteiger partial charge on any atom is -0.477 e. The van der Waals surface area contributed by atoms with Crippen molar-refractivity contribution in [2.75, 3.05) is 0 Å². The van der Waals surface area contributed by atoms with Crippen LogP contribution < -0.4 is 0 Å². The first-order chi connectivity index (χ1) is 11.0. The van der Waals surface area contributed by atoms with E-state index in [1.165, 1.54) is 18.3 Å². The number of nitrogens with zero attached hydrogens (tertiary/aromatic N) is 3. The number of hydrogen-bond donors (Lipinski definition) is 1. The van der Waals surface area contributed by atoms with Crippen LogP contribution in [0.25, 0.3) is 22.6 Å². The van der Waals surface area contributed by atoms with Crippen molar-refractivity contribution in [3.05, 3.63) is 65.3 Å². The molecule has 0 spiro atoms. The van der Waals surface area contributed by atoms with Gasteiger partial charge < -0.3 is 5.11 Å². The Morgan fingerprint density at radius 3 is 2.43 bits per heavy atom. The number of halogens is 2. The second-order valence-corrected chi connectivity index (χ2v) is 5.08. The summed E-state index contributed by atoms with van der Waals surface area (Å²) in [5.41, 5.74) is 1.24. The molecule has 23 heavy (non-hydrogen) atoms. The zero-order chi connectivity index (χ0) is 16.4. The molecule has 0 radical (unpaired) electrons. The molecule has 0 aliphatic rings. The highest BCUT2D eigenvalue weighted by Gasteiger charge is 2.13. The molecule has 2 aromatic heterocycles. The summed E-state index contributed by atoms with van der Waals surface area (Å²) in [5.74, 6) is -1.78. The third-order valence-electron chi connectivity index (χ3n) is 3.07. The molecule has 5 nitrogen and oxygen atoms in total. The number of pyridine rings is 1. The molecule has 0 aliphatic carbocycles. The summed E-state index contributed by atoms with van der Waals surface area (Å²) in [6, 6.07) is 10.8. The van der Waals surface area contributed by atoms with E-state index < -0.39 is 11.9 Å². The number of carboxylic acids is 1. The fraction of sp³-hybridized carbons (Fsp3) is 0. The number of carboxylic acid groups (broad SMARTS) is 1. The van der Waals surface area contributed by atoms with E-state index in [1.54, 1.807) is 24.3 Å². The van der Waals surface area contributed by atoms with Crippen molar-refractivity contribution in [1.82, 2.24) is 15.0 Å². The van der Waals surface area contributed by atoms with Gasteiger partial charge in [0.2, 0.25) is 5.95 Å². The maximum atomic E-state index is 13.3. The Kier molecular flexibility index (Phi) is 3.99. The van der Waals surface area contributed by atoms with Gasteiger partial charge in [0.25, 0.3) is 0 Å². The van der Waals surface area contributed by atoms with Crippen LogP contribution in [0.3, 0.4) is 0 Å². The monoisotopic (exact) mass is 329 g/mol. The van der Waals surface area contributed by atoms with Crippen molar-refractivity contribution in [2.45, 2.75) is 0 Å². The second-order valence-electron chi connectivity index (χ2n) is 4.64. The summed E-state index contributed by atoms with van der Waals surface area (Å²) in [7, 11) is 0. The second kappa shape index (κ2) is 6.10. The Hall–Kier alpha value is -2.86. The van der Waals surface area contributed by atoms with Crippen LogP contribution in [0.1, 0.15) is 10.5 Å². The summed E-state index contributed by atoms with van der Waals surface area (Å²) >= 11 is 5.85. The highest BCUT2D eigenvalue weighted by Crippen LogP contribution is 2.24. The average Bonchev–Trinajstić information content (AvgIpc) is 2.55. The molecule has 2 heterocycles. The molecule has 0 bridgehead atoms. The molecule has 0 fully saturated rings. The molecular formula is C16H9ClFN3O2. The quantitative estimate of drug-likeness (QED) is 0.741. The smallest absolute Gasteiger partial charge is 0.354 e. The zero-order valence-corrected chi connectivity index (χ0v) is 12.3. The fourth-order valence-electron chi connectivity index (χ4n) is 2.00. The van der Waals surface area contributed by atoms with Crippen LogP contribution in [0.15, 0.2) is 48.7 Å². The standard InChI is InChI=1S/C16H9ClFN3O2/c17-11-3-1-9(2-4-11)12-8-13(16(22)23)21-15(20-12)10-5-6-19-14(18)7-10/h1-8H,(H,22,23). The molecule has 3 aromatic rings. The van der Waals surface area contributed by atoms with Gasteiger partial charge in [0.05, 0.1) is 5.69 Å². The van der Waals surface area contributed by atoms with Gasteiger partial charge in [0.1, 0.15) is 0 Å². The van der Waals surface area contributed by atoms with E-state index >= 15 is 0 Å². The molecule has 0 amide bonds. The van der Waals surface area contributed by atoms with Gasteiger partial charge in [-0.15, -0.1) is 0 Å². The fourth-order valence-corrected chi connectivity index (χ4v) is 2.12. The molecule has 1 aromatic carbocycles. The molecular weight excluding hydrogens is 321 g/mol. The van der Waals surface area contributed by atoms with Gasteiger partial charge >= 0.3 is 5.97 Å². The predicted octanol–water partition coefficient (Wildman–Crippen LogP) is 3.70. The lowest BCUT2D eigenvalue weighted by molar-refractivity contribution is 0.0690. The number of benzene rings is 1. The van der Waals surface area contributed by atoms with Crippen molar-refractivity contribution < 1.29 is 14.3 Å². The third-order valence-corrected chi connectivity index (χ3v) is 3.32. The van der Waals surface area contributed by atoms with Crippen LogP contribution in [0.2, 0.25) is 5.02 Å². The van der Waals surface area contributed by atoms with Crippen LogP contribution in [0, 0.1) is 5.95 Å². The van der Waals surface area contributed by atoms with Gasteiger partial charge in [-0.2, -0.15) is 4.39 Å². The minimum atomic E-state index is -1.20. The van der Waals surface area contributed by atoms with Crippen molar-refractivity contribution in [3.8, 4) is 22.6 Å². The van der Waals surface area contributed by atoms with Crippen molar-refractivity contribution in [3.63, 3.8) is 0 Å². The summed E-state index contributed by atoms with van der Waals surface area (Å²) in [5, 5.41) is 9.78. The number of aromatic carboxylic acids is 1. The first-order valence-corrected chi connectivity index (χ1v) is 6.91. The average molecular weight is 330 g/mol. The summed E-state index contributed by atoms with van der Waals surface area (Å²) in [4.78, 5) is 23.0. The van der Waals surface area contributed by atoms with Gasteiger partial charge in [-0.1, -0.05) is 23.7 Å². The van der Waals surface area contributed by atoms with Crippen LogP contribution in [-0.2, 0) is 0 Å². The normalized spacial score (nSPS) is 10.5. The van der Waals surface area contributed by atoms with Gasteiger partial charge in [-0.25, -0.2) is 19.7 Å². The highest BCUT2D eigenvalue weighted by atomic mass is 35.5. The van der Waals surface area contributed by atoms with E-state index in [1.807, 2.05) is 0 Å². The van der Waals surface area contributed by atoms with E-state index in [0.29, 0.717) is 21.8 Å².